The van der Waals surface area contributed by atoms with E-state index in [4.69, 9.17) is 22.1 Å². The number of anilines is 1. The van der Waals surface area contributed by atoms with E-state index in [9.17, 15) is 5.11 Å². The van der Waals surface area contributed by atoms with Gasteiger partial charge in [0.05, 0.1) is 23.9 Å². The van der Waals surface area contributed by atoms with Gasteiger partial charge in [0, 0.05) is 5.56 Å². The largest absolute Gasteiger partial charge is 0.504 e. The lowest BCUT2D eigenvalue weighted by molar-refractivity contribution is 0.375. The fraction of sp³-hybridized carbons (Fsp3) is 0.100. The van der Waals surface area contributed by atoms with Gasteiger partial charge >= 0.3 is 0 Å². The molecule has 1 aromatic heterocycles. The minimum Gasteiger partial charge on any atom is -0.504 e. The van der Waals surface area contributed by atoms with Gasteiger partial charge in [0.25, 0.3) is 0 Å². The molecule has 0 aliphatic carbocycles. The van der Waals surface area contributed by atoms with Gasteiger partial charge in [-0.05, 0) is 12.1 Å². The zero-order valence-corrected chi connectivity index (χ0v) is 9.25. The monoisotopic (exact) mass is 239 g/mol. The lowest BCUT2D eigenvalue weighted by Crippen LogP contribution is -1.92. The Morgan fingerprint density at radius 1 is 1.50 bits per heavy atom. The van der Waals surface area contributed by atoms with Crippen LogP contribution in [0.4, 0.5) is 5.82 Å². The molecule has 4 N–H and O–H groups in total. The molecule has 0 radical (unpaired) electrons. The third-order valence-electron chi connectivity index (χ3n) is 2.23. The van der Waals surface area contributed by atoms with Crippen LogP contribution in [0.3, 0.4) is 0 Å². The van der Waals surface area contributed by atoms with Crippen molar-refractivity contribution in [2.45, 2.75) is 0 Å². The highest BCUT2D eigenvalue weighted by Crippen LogP contribution is 2.43. The van der Waals surface area contributed by atoms with E-state index in [1.54, 1.807) is 6.07 Å². The first-order chi connectivity index (χ1) is 7.65. The molecule has 0 spiro atoms. The van der Waals surface area contributed by atoms with E-state index in [1.807, 2.05) is 0 Å². The number of nitrogen functional groups attached to an aromatic ring is 1. The van der Waals surface area contributed by atoms with Gasteiger partial charge in [0.1, 0.15) is 5.82 Å². The number of phenolic OH excluding ortho intramolecular Hbond substituents is 1. The van der Waals surface area contributed by atoms with Crippen LogP contribution in [0.1, 0.15) is 0 Å². The number of aromatic amines is 1. The van der Waals surface area contributed by atoms with Gasteiger partial charge in [0.15, 0.2) is 11.5 Å². The molecule has 0 aliphatic rings. The zero-order valence-electron chi connectivity index (χ0n) is 8.49. The number of nitrogens with one attached hydrogen (secondary N) is 1. The van der Waals surface area contributed by atoms with Crippen molar-refractivity contribution in [3.63, 3.8) is 0 Å². The summed E-state index contributed by atoms with van der Waals surface area (Å²) in [5.74, 6) is 0.647. The fourth-order valence-corrected chi connectivity index (χ4v) is 1.75. The average Bonchev–Trinajstić information content (AvgIpc) is 2.67. The molecule has 84 valence electrons. The molecule has 0 saturated heterocycles. The molecule has 5 nitrogen and oxygen atoms in total. The van der Waals surface area contributed by atoms with Crippen LogP contribution in [0.2, 0.25) is 5.02 Å². The Hall–Kier alpha value is -1.88. The number of nitrogens with two attached hydrogens (primary N) is 1. The minimum absolute atomic E-state index is 0.00231. The summed E-state index contributed by atoms with van der Waals surface area (Å²) in [4.78, 5) is 0. The van der Waals surface area contributed by atoms with Crippen LogP contribution in [-0.4, -0.2) is 22.4 Å². The molecule has 0 aliphatic heterocycles. The quantitative estimate of drug-likeness (QED) is 0.749. The molecule has 6 heteroatoms. The number of benzene rings is 1. The number of phenols is 1. The Kier molecular flexibility index (Phi) is 2.62. The summed E-state index contributed by atoms with van der Waals surface area (Å²) < 4.78 is 5.10. The van der Waals surface area contributed by atoms with E-state index < -0.39 is 0 Å². The average molecular weight is 240 g/mol. The number of nitrogens with zero attached hydrogens (tertiary/aromatic N) is 1. The molecule has 0 saturated carbocycles. The van der Waals surface area contributed by atoms with Crippen molar-refractivity contribution >= 4 is 17.4 Å². The van der Waals surface area contributed by atoms with Crippen molar-refractivity contribution in [1.29, 1.82) is 0 Å². The molecule has 1 heterocycles. The molecule has 2 aromatic rings. The molecule has 16 heavy (non-hydrogen) atoms. The molecule has 0 fully saturated rings. The number of hydrogen-bond acceptors (Lipinski definition) is 4. The molecule has 0 atom stereocenters. The van der Waals surface area contributed by atoms with Crippen LogP contribution in [-0.2, 0) is 0 Å². The first-order valence-electron chi connectivity index (χ1n) is 4.49. The second-order valence-corrected chi connectivity index (χ2v) is 3.58. The number of aromatic hydroxyl groups is 1. The van der Waals surface area contributed by atoms with E-state index in [0.717, 1.165) is 0 Å². The highest BCUT2D eigenvalue weighted by atomic mass is 35.5. The summed E-state index contributed by atoms with van der Waals surface area (Å²) in [5, 5.41) is 16.5. The Morgan fingerprint density at radius 3 is 2.81 bits per heavy atom. The first-order valence-corrected chi connectivity index (χ1v) is 4.87. The lowest BCUT2D eigenvalue weighted by atomic mass is 10.1. The van der Waals surface area contributed by atoms with Crippen molar-refractivity contribution in [2.75, 3.05) is 12.8 Å². The summed E-state index contributed by atoms with van der Waals surface area (Å²) >= 11 is 6.06. The van der Waals surface area contributed by atoms with E-state index in [2.05, 4.69) is 10.2 Å². The maximum atomic E-state index is 9.65. The van der Waals surface area contributed by atoms with E-state index in [1.165, 1.54) is 19.4 Å². The highest BCUT2D eigenvalue weighted by molar-refractivity contribution is 6.34. The zero-order chi connectivity index (χ0) is 11.7. The summed E-state index contributed by atoms with van der Waals surface area (Å²) in [7, 11) is 1.45. The molecule has 1 aromatic carbocycles. The van der Waals surface area contributed by atoms with Gasteiger partial charge in [-0.25, -0.2) is 0 Å². The predicted molar refractivity (Wildman–Crippen MR) is 61.7 cm³/mol. The summed E-state index contributed by atoms with van der Waals surface area (Å²) in [6.07, 6.45) is 1.53. The molecular weight excluding hydrogens is 230 g/mol. The van der Waals surface area contributed by atoms with Crippen LogP contribution in [0.5, 0.6) is 11.5 Å². The highest BCUT2D eigenvalue weighted by Gasteiger charge is 2.17. The Labute approximate surface area is 96.8 Å². The topological polar surface area (TPSA) is 84.2 Å². The lowest BCUT2D eigenvalue weighted by Gasteiger charge is -2.11. The van der Waals surface area contributed by atoms with Crippen molar-refractivity contribution in [3.05, 3.63) is 23.4 Å². The minimum atomic E-state index is 0.00231. The first kappa shape index (κ1) is 10.6. The second-order valence-electron chi connectivity index (χ2n) is 3.17. The number of aromatic nitrogens is 2. The SMILES string of the molecule is COc1c(O)ccc(Cl)c1-c1cn[nH]c1N. The van der Waals surface area contributed by atoms with Gasteiger partial charge in [0.2, 0.25) is 0 Å². The van der Waals surface area contributed by atoms with Crippen molar-refractivity contribution in [2.24, 2.45) is 0 Å². The smallest absolute Gasteiger partial charge is 0.169 e. The third kappa shape index (κ3) is 1.55. The van der Waals surface area contributed by atoms with E-state index in [0.29, 0.717) is 22.0 Å². The molecule has 0 unspecified atom stereocenters. The van der Waals surface area contributed by atoms with Crippen molar-refractivity contribution in [1.82, 2.24) is 10.2 Å². The number of ether oxygens (including phenoxy) is 1. The fourth-order valence-electron chi connectivity index (χ4n) is 1.50. The van der Waals surface area contributed by atoms with Gasteiger partial charge in [-0.1, -0.05) is 11.6 Å². The van der Waals surface area contributed by atoms with Gasteiger partial charge < -0.3 is 15.6 Å². The van der Waals surface area contributed by atoms with Gasteiger partial charge in [-0.3, -0.25) is 5.10 Å². The maximum absolute atomic E-state index is 9.65. The standard InChI is InChI=1S/C10H10ClN3O2/c1-16-9-7(15)3-2-6(11)8(9)5-4-13-14-10(5)12/h2-4,15H,1H3,(H3,12,13,14). The molecule has 0 bridgehead atoms. The number of H-pyrrole nitrogens is 1. The Balaban J connectivity index is 2.73. The molecule has 2 rings (SSSR count). The van der Waals surface area contributed by atoms with E-state index >= 15 is 0 Å². The number of hydrogen-bond donors (Lipinski definition) is 3. The number of methoxy groups -OCH3 is 1. The summed E-state index contributed by atoms with van der Waals surface area (Å²) in [6.45, 7) is 0. The summed E-state index contributed by atoms with van der Waals surface area (Å²) in [6, 6.07) is 3.03. The Bertz CT molecular complexity index is 525. The van der Waals surface area contributed by atoms with E-state index in [-0.39, 0.29) is 11.5 Å². The number of halogens is 1. The van der Waals surface area contributed by atoms with Crippen LogP contribution in [0.15, 0.2) is 18.3 Å². The Morgan fingerprint density at radius 2 is 2.25 bits per heavy atom. The molecular formula is C10H10ClN3O2. The van der Waals surface area contributed by atoms with Crippen LogP contribution in [0, 0.1) is 0 Å². The van der Waals surface area contributed by atoms with Crippen molar-refractivity contribution < 1.29 is 9.84 Å². The van der Waals surface area contributed by atoms with Gasteiger partial charge in [-0.2, -0.15) is 5.10 Å². The van der Waals surface area contributed by atoms with Crippen LogP contribution < -0.4 is 10.5 Å². The molecule has 0 amide bonds. The summed E-state index contributed by atoms with van der Waals surface area (Å²) in [5.41, 5.74) is 6.82. The van der Waals surface area contributed by atoms with Crippen LogP contribution >= 0.6 is 11.6 Å². The van der Waals surface area contributed by atoms with Gasteiger partial charge in [-0.15, -0.1) is 0 Å². The third-order valence-corrected chi connectivity index (χ3v) is 2.54. The second kappa shape index (κ2) is 3.94. The maximum Gasteiger partial charge on any atom is 0.169 e. The van der Waals surface area contributed by atoms with Crippen molar-refractivity contribution in [3.8, 4) is 22.6 Å². The van der Waals surface area contributed by atoms with Crippen LogP contribution in [0.25, 0.3) is 11.1 Å². The predicted octanol–water partition coefficient (Wildman–Crippen LogP) is 2.03. The normalized spacial score (nSPS) is 10.4. The number of rotatable bonds is 2.